The molecule has 17 heavy (non-hydrogen) atoms. The van der Waals surface area contributed by atoms with E-state index in [0.717, 1.165) is 19.4 Å². The van der Waals surface area contributed by atoms with E-state index >= 15 is 0 Å². The van der Waals surface area contributed by atoms with Crippen LogP contribution in [0.15, 0.2) is 22.8 Å². The molecular formula is C13H22N2O2. The summed E-state index contributed by atoms with van der Waals surface area (Å²) >= 11 is 0. The van der Waals surface area contributed by atoms with E-state index in [-0.39, 0.29) is 5.91 Å². The van der Waals surface area contributed by atoms with Gasteiger partial charge in [0.25, 0.3) is 5.91 Å². The Balaban J connectivity index is 2.07. The molecule has 0 spiro atoms. The van der Waals surface area contributed by atoms with E-state index in [1.165, 1.54) is 6.26 Å². The zero-order chi connectivity index (χ0) is 12.7. The number of carbonyl (C=O) groups is 1. The van der Waals surface area contributed by atoms with Gasteiger partial charge in [-0.05, 0) is 52.4 Å². The fraction of sp³-hybridized carbons (Fsp3) is 0.615. The zero-order valence-electron chi connectivity index (χ0n) is 10.9. The minimum absolute atomic E-state index is 0.132. The highest BCUT2D eigenvalue weighted by Crippen LogP contribution is 2.00. The van der Waals surface area contributed by atoms with Gasteiger partial charge in [-0.15, -0.1) is 0 Å². The van der Waals surface area contributed by atoms with E-state index in [1.807, 2.05) is 0 Å². The molecule has 1 N–H and O–H groups in total. The molecular weight excluding hydrogens is 216 g/mol. The Labute approximate surface area is 103 Å². The normalized spacial score (nSPS) is 11.1. The number of amides is 1. The van der Waals surface area contributed by atoms with E-state index in [1.54, 1.807) is 12.1 Å². The fourth-order valence-corrected chi connectivity index (χ4v) is 1.44. The summed E-state index contributed by atoms with van der Waals surface area (Å²) in [6.45, 7) is 6.12. The second-order valence-corrected chi connectivity index (χ2v) is 4.51. The third kappa shape index (κ3) is 5.04. The van der Waals surface area contributed by atoms with Crippen LogP contribution >= 0.6 is 0 Å². The lowest BCUT2D eigenvalue weighted by molar-refractivity contribution is 0.0925. The van der Waals surface area contributed by atoms with E-state index in [2.05, 4.69) is 31.1 Å². The first kappa shape index (κ1) is 13.8. The largest absolute Gasteiger partial charge is 0.459 e. The van der Waals surface area contributed by atoms with Gasteiger partial charge in [-0.1, -0.05) is 0 Å². The maximum atomic E-state index is 11.5. The molecule has 0 saturated carbocycles. The van der Waals surface area contributed by atoms with Gasteiger partial charge in [-0.3, -0.25) is 4.79 Å². The summed E-state index contributed by atoms with van der Waals surface area (Å²) in [5, 5.41) is 2.84. The quantitative estimate of drug-likeness (QED) is 0.740. The highest BCUT2D eigenvalue weighted by atomic mass is 16.3. The van der Waals surface area contributed by atoms with Crippen LogP contribution < -0.4 is 5.32 Å². The summed E-state index contributed by atoms with van der Waals surface area (Å²) in [5.74, 6) is 0.247. The van der Waals surface area contributed by atoms with Crippen LogP contribution in [0.1, 0.15) is 37.2 Å². The lowest BCUT2D eigenvalue weighted by atomic mass is 10.2. The number of nitrogens with one attached hydrogen (secondary N) is 1. The molecule has 0 aliphatic carbocycles. The minimum Gasteiger partial charge on any atom is -0.459 e. The maximum Gasteiger partial charge on any atom is 0.286 e. The van der Waals surface area contributed by atoms with Crippen LogP contribution in [0.3, 0.4) is 0 Å². The average molecular weight is 238 g/mol. The van der Waals surface area contributed by atoms with Gasteiger partial charge in [0.15, 0.2) is 5.76 Å². The smallest absolute Gasteiger partial charge is 0.286 e. The van der Waals surface area contributed by atoms with Gasteiger partial charge in [0.2, 0.25) is 0 Å². The molecule has 0 aromatic carbocycles. The van der Waals surface area contributed by atoms with Gasteiger partial charge in [0, 0.05) is 12.6 Å². The SMILES string of the molecule is CC(C)N(C)CCCCNC(=O)c1ccco1. The molecule has 0 aliphatic rings. The van der Waals surface area contributed by atoms with Crippen molar-refractivity contribution in [3.63, 3.8) is 0 Å². The third-order valence-electron chi connectivity index (χ3n) is 2.85. The van der Waals surface area contributed by atoms with Crippen molar-refractivity contribution in [3.8, 4) is 0 Å². The molecule has 1 heterocycles. The monoisotopic (exact) mass is 238 g/mol. The van der Waals surface area contributed by atoms with Gasteiger partial charge < -0.3 is 14.6 Å². The van der Waals surface area contributed by atoms with Crippen molar-refractivity contribution in [3.05, 3.63) is 24.2 Å². The first-order chi connectivity index (χ1) is 8.11. The van der Waals surface area contributed by atoms with Gasteiger partial charge >= 0.3 is 0 Å². The van der Waals surface area contributed by atoms with Crippen molar-refractivity contribution in [2.45, 2.75) is 32.7 Å². The van der Waals surface area contributed by atoms with Crippen molar-refractivity contribution < 1.29 is 9.21 Å². The number of unbranched alkanes of at least 4 members (excludes halogenated alkanes) is 1. The van der Waals surface area contributed by atoms with Crippen LogP contribution in [-0.2, 0) is 0 Å². The molecule has 4 heteroatoms. The van der Waals surface area contributed by atoms with Gasteiger partial charge in [-0.25, -0.2) is 0 Å². The summed E-state index contributed by atoms with van der Waals surface area (Å²) in [7, 11) is 2.12. The number of carbonyl (C=O) groups excluding carboxylic acids is 1. The molecule has 1 aromatic heterocycles. The molecule has 0 radical (unpaired) electrons. The van der Waals surface area contributed by atoms with Gasteiger partial charge in [0.1, 0.15) is 0 Å². The number of hydrogen-bond acceptors (Lipinski definition) is 3. The molecule has 1 amide bonds. The average Bonchev–Trinajstić information content (AvgIpc) is 2.81. The molecule has 0 atom stereocenters. The molecule has 0 bridgehead atoms. The predicted molar refractivity (Wildman–Crippen MR) is 68.0 cm³/mol. The first-order valence-corrected chi connectivity index (χ1v) is 6.13. The summed E-state index contributed by atoms with van der Waals surface area (Å²) in [6.07, 6.45) is 3.59. The van der Waals surface area contributed by atoms with E-state index in [9.17, 15) is 4.79 Å². The molecule has 0 unspecified atom stereocenters. The highest BCUT2D eigenvalue weighted by molar-refractivity contribution is 5.91. The number of hydrogen-bond donors (Lipinski definition) is 1. The van der Waals surface area contributed by atoms with Crippen LogP contribution in [0.25, 0.3) is 0 Å². The molecule has 0 fully saturated rings. The Morgan fingerprint density at radius 3 is 2.82 bits per heavy atom. The lowest BCUT2D eigenvalue weighted by Gasteiger charge is -2.20. The van der Waals surface area contributed by atoms with E-state index in [4.69, 9.17) is 4.42 Å². The van der Waals surface area contributed by atoms with Crippen LogP contribution in [-0.4, -0.2) is 37.0 Å². The Bertz CT molecular complexity index is 320. The van der Waals surface area contributed by atoms with Crippen molar-refractivity contribution in [1.82, 2.24) is 10.2 Å². The van der Waals surface area contributed by atoms with Crippen molar-refractivity contribution in [1.29, 1.82) is 0 Å². The summed E-state index contributed by atoms with van der Waals surface area (Å²) < 4.78 is 5.00. The summed E-state index contributed by atoms with van der Waals surface area (Å²) in [4.78, 5) is 13.8. The minimum atomic E-state index is -0.132. The first-order valence-electron chi connectivity index (χ1n) is 6.13. The van der Waals surface area contributed by atoms with Crippen LogP contribution in [0.2, 0.25) is 0 Å². The van der Waals surface area contributed by atoms with Gasteiger partial charge in [0.05, 0.1) is 6.26 Å². The van der Waals surface area contributed by atoms with Crippen LogP contribution in [0, 0.1) is 0 Å². The second-order valence-electron chi connectivity index (χ2n) is 4.51. The number of nitrogens with zero attached hydrogens (tertiary/aromatic N) is 1. The van der Waals surface area contributed by atoms with Crippen LogP contribution in [0.5, 0.6) is 0 Å². The Morgan fingerprint density at radius 1 is 1.47 bits per heavy atom. The summed E-state index contributed by atoms with van der Waals surface area (Å²) in [5.41, 5.74) is 0. The summed E-state index contributed by atoms with van der Waals surface area (Å²) in [6, 6.07) is 3.96. The molecule has 0 saturated heterocycles. The third-order valence-corrected chi connectivity index (χ3v) is 2.85. The van der Waals surface area contributed by atoms with Crippen molar-refractivity contribution >= 4 is 5.91 Å². The van der Waals surface area contributed by atoms with Crippen LogP contribution in [0.4, 0.5) is 0 Å². The Hall–Kier alpha value is -1.29. The molecule has 96 valence electrons. The van der Waals surface area contributed by atoms with Crippen molar-refractivity contribution in [2.75, 3.05) is 20.1 Å². The fourth-order valence-electron chi connectivity index (χ4n) is 1.44. The van der Waals surface area contributed by atoms with E-state index in [0.29, 0.717) is 18.3 Å². The molecule has 1 rings (SSSR count). The zero-order valence-corrected chi connectivity index (χ0v) is 10.9. The Morgan fingerprint density at radius 2 is 2.24 bits per heavy atom. The molecule has 0 aliphatic heterocycles. The second kappa shape index (κ2) is 7.12. The Kier molecular flexibility index (Phi) is 5.77. The topological polar surface area (TPSA) is 45.5 Å². The standard InChI is InChI=1S/C13H22N2O2/c1-11(2)15(3)9-5-4-8-14-13(16)12-7-6-10-17-12/h6-7,10-11H,4-5,8-9H2,1-3H3,(H,14,16). The number of rotatable bonds is 7. The highest BCUT2D eigenvalue weighted by Gasteiger charge is 2.07. The van der Waals surface area contributed by atoms with Gasteiger partial charge in [-0.2, -0.15) is 0 Å². The van der Waals surface area contributed by atoms with Crippen molar-refractivity contribution in [2.24, 2.45) is 0 Å². The maximum absolute atomic E-state index is 11.5. The molecule has 4 nitrogen and oxygen atoms in total. The predicted octanol–water partition coefficient (Wildman–Crippen LogP) is 2.13. The van der Waals surface area contributed by atoms with E-state index < -0.39 is 0 Å². The number of furan rings is 1. The molecule has 1 aromatic rings. The lowest BCUT2D eigenvalue weighted by Crippen LogP contribution is -2.28.